The van der Waals surface area contributed by atoms with E-state index in [-0.39, 0.29) is 11.9 Å². The number of piperidine rings is 1. The lowest BCUT2D eigenvalue weighted by Gasteiger charge is -2.30. The van der Waals surface area contributed by atoms with E-state index in [1.54, 1.807) is 13.2 Å². The fraction of sp³-hybridized carbons (Fsp3) is 0.364. The predicted molar refractivity (Wildman–Crippen MR) is 116 cm³/mol. The van der Waals surface area contributed by atoms with Crippen molar-refractivity contribution in [1.82, 2.24) is 5.32 Å². The molecule has 2 aromatic carbocycles. The number of carbonyl (C=O) groups excluding carboxylic acids is 2. The molecule has 1 heterocycles. The molecule has 154 valence electrons. The summed E-state index contributed by atoms with van der Waals surface area (Å²) in [6.45, 7) is 2.74. The largest absolute Gasteiger partial charge is 0.383 e. The summed E-state index contributed by atoms with van der Waals surface area (Å²) in [5, 5.41) is 8.47. The Morgan fingerprint density at radius 2 is 1.69 bits per heavy atom. The molecule has 0 saturated carbocycles. The molecular formula is C22H28N4O3. The van der Waals surface area contributed by atoms with Gasteiger partial charge in [0.1, 0.15) is 0 Å². The summed E-state index contributed by atoms with van der Waals surface area (Å²) in [6.07, 6.45) is 3.44. The fourth-order valence-electron chi connectivity index (χ4n) is 3.38. The first kappa shape index (κ1) is 20.7. The molecule has 0 unspecified atom stereocenters. The molecule has 3 rings (SSSR count). The molecule has 0 aromatic heterocycles. The van der Waals surface area contributed by atoms with Gasteiger partial charge in [-0.25, -0.2) is 4.79 Å². The maximum atomic E-state index is 12.8. The van der Waals surface area contributed by atoms with E-state index in [1.807, 2.05) is 42.5 Å². The van der Waals surface area contributed by atoms with Gasteiger partial charge in [-0.15, -0.1) is 0 Å². The zero-order valence-corrected chi connectivity index (χ0v) is 16.7. The topological polar surface area (TPSA) is 82.7 Å². The molecule has 1 aliphatic rings. The number of hydrogen-bond acceptors (Lipinski definition) is 4. The lowest BCUT2D eigenvalue weighted by Crippen LogP contribution is -2.33. The Balaban J connectivity index is 1.76. The van der Waals surface area contributed by atoms with Gasteiger partial charge < -0.3 is 25.6 Å². The summed E-state index contributed by atoms with van der Waals surface area (Å²) in [7, 11) is 1.60. The number of methoxy groups -OCH3 is 1. The molecule has 0 spiro atoms. The Labute approximate surface area is 171 Å². The molecule has 1 saturated heterocycles. The first-order valence-electron chi connectivity index (χ1n) is 9.96. The van der Waals surface area contributed by atoms with Gasteiger partial charge in [0.05, 0.1) is 12.2 Å². The second-order valence-corrected chi connectivity index (χ2v) is 6.97. The maximum Gasteiger partial charge on any atom is 0.323 e. The van der Waals surface area contributed by atoms with E-state index < -0.39 is 0 Å². The van der Waals surface area contributed by atoms with Crippen molar-refractivity contribution in [2.45, 2.75) is 19.3 Å². The van der Waals surface area contributed by atoms with Crippen LogP contribution in [0.3, 0.4) is 0 Å². The van der Waals surface area contributed by atoms with E-state index in [4.69, 9.17) is 4.74 Å². The average Bonchev–Trinajstić information content (AvgIpc) is 2.75. The molecule has 7 heteroatoms. The normalized spacial score (nSPS) is 13.6. The zero-order chi connectivity index (χ0) is 20.5. The summed E-state index contributed by atoms with van der Waals surface area (Å²) in [6, 6.07) is 14.3. The number of benzene rings is 2. The fourth-order valence-corrected chi connectivity index (χ4v) is 3.38. The number of para-hydroxylation sites is 1. The van der Waals surface area contributed by atoms with Gasteiger partial charge in [0.2, 0.25) is 0 Å². The van der Waals surface area contributed by atoms with Gasteiger partial charge in [0.25, 0.3) is 5.91 Å². The van der Waals surface area contributed by atoms with Gasteiger partial charge in [-0.2, -0.15) is 0 Å². The molecule has 2 aromatic rings. The van der Waals surface area contributed by atoms with Crippen molar-refractivity contribution in [1.29, 1.82) is 0 Å². The van der Waals surface area contributed by atoms with Crippen LogP contribution >= 0.6 is 0 Å². The molecule has 0 bridgehead atoms. The molecule has 3 N–H and O–H groups in total. The highest BCUT2D eigenvalue weighted by Gasteiger charge is 2.19. The number of carbonyl (C=O) groups is 2. The van der Waals surface area contributed by atoms with E-state index in [1.165, 1.54) is 6.42 Å². The van der Waals surface area contributed by atoms with Gasteiger partial charge in [-0.1, -0.05) is 18.2 Å². The van der Waals surface area contributed by atoms with Crippen molar-refractivity contribution in [3.63, 3.8) is 0 Å². The van der Waals surface area contributed by atoms with Crippen molar-refractivity contribution in [3.8, 4) is 0 Å². The third-order valence-electron chi connectivity index (χ3n) is 4.82. The number of ether oxygens (including phenoxy) is 1. The van der Waals surface area contributed by atoms with Crippen LogP contribution in [0.25, 0.3) is 0 Å². The average molecular weight is 396 g/mol. The monoisotopic (exact) mass is 396 g/mol. The van der Waals surface area contributed by atoms with Crippen LogP contribution in [-0.4, -0.2) is 45.3 Å². The third kappa shape index (κ3) is 5.96. The number of hydrogen-bond donors (Lipinski definition) is 3. The molecule has 0 radical (unpaired) electrons. The minimum atomic E-state index is -0.354. The maximum absolute atomic E-state index is 12.8. The lowest BCUT2D eigenvalue weighted by molar-refractivity contribution is 0.0937. The highest BCUT2D eigenvalue weighted by molar-refractivity contribution is 6.04. The third-order valence-corrected chi connectivity index (χ3v) is 4.82. The molecule has 0 aliphatic carbocycles. The number of amides is 3. The van der Waals surface area contributed by atoms with Crippen LogP contribution in [0.4, 0.5) is 21.9 Å². The van der Waals surface area contributed by atoms with Crippen LogP contribution in [0.2, 0.25) is 0 Å². The second-order valence-electron chi connectivity index (χ2n) is 6.97. The Morgan fingerprint density at radius 1 is 0.966 bits per heavy atom. The van der Waals surface area contributed by atoms with Gasteiger partial charge in [-0.05, 0) is 49.6 Å². The van der Waals surface area contributed by atoms with Crippen molar-refractivity contribution < 1.29 is 14.3 Å². The van der Waals surface area contributed by atoms with Crippen LogP contribution in [0, 0.1) is 0 Å². The number of urea groups is 1. The first-order chi connectivity index (χ1) is 14.2. The van der Waals surface area contributed by atoms with E-state index in [0.29, 0.717) is 30.1 Å². The Hall–Kier alpha value is -3.06. The van der Waals surface area contributed by atoms with E-state index >= 15 is 0 Å². The second kappa shape index (κ2) is 10.5. The van der Waals surface area contributed by atoms with Crippen LogP contribution < -0.4 is 20.9 Å². The van der Waals surface area contributed by atoms with Gasteiger partial charge in [0, 0.05) is 43.8 Å². The lowest BCUT2D eigenvalue weighted by atomic mass is 10.1. The van der Waals surface area contributed by atoms with E-state index in [2.05, 4.69) is 20.9 Å². The van der Waals surface area contributed by atoms with Gasteiger partial charge in [-0.3, -0.25) is 4.79 Å². The smallest absolute Gasteiger partial charge is 0.323 e. The van der Waals surface area contributed by atoms with Crippen LogP contribution in [0.1, 0.15) is 29.6 Å². The van der Waals surface area contributed by atoms with Crippen LogP contribution in [0.15, 0.2) is 48.5 Å². The van der Waals surface area contributed by atoms with Crippen molar-refractivity contribution in [3.05, 3.63) is 54.1 Å². The van der Waals surface area contributed by atoms with Gasteiger partial charge in [0.15, 0.2) is 0 Å². The summed E-state index contributed by atoms with van der Waals surface area (Å²) < 4.78 is 5.02. The Morgan fingerprint density at radius 3 is 2.41 bits per heavy atom. The molecule has 7 nitrogen and oxygen atoms in total. The summed E-state index contributed by atoms with van der Waals surface area (Å²) in [5.41, 5.74) is 2.72. The minimum absolute atomic E-state index is 0.172. The molecule has 1 fully saturated rings. The van der Waals surface area contributed by atoms with E-state index in [9.17, 15) is 9.59 Å². The molecule has 29 heavy (non-hydrogen) atoms. The quantitative estimate of drug-likeness (QED) is 0.623. The summed E-state index contributed by atoms with van der Waals surface area (Å²) in [4.78, 5) is 27.3. The zero-order valence-electron chi connectivity index (χ0n) is 16.7. The molecule has 0 atom stereocenters. The summed E-state index contributed by atoms with van der Waals surface area (Å²) >= 11 is 0. The SMILES string of the molecule is COCCNC(=O)c1cc(NC(=O)Nc2ccccc2)ccc1N1CCCCC1. The van der Waals surface area contributed by atoms with Crippen molar-refractivity contribution in [2.24, 2.45) is 0 Å². The van der Waals surface area contributed by atoms with Crippen LogP contribution in [0.5, 0.6) is 0 Å². The minimum Gasteiger partial charge on any atom is -0.383 e. The predicted octanol–water partition coefficient (Wildman–Crippen LogP) is 3.70. The molecule has 1 aliphatic heterocycles. The number of nitrogens with zero attached hydrogens (tertiary/aromatic N) is 1. The molecule has 3 amide bonds. The number of nitrogens with one attached hydrogen (secondary N) is 3. The van der Waals surface area contributed by atoms with Crippen molar-refractivity contribution in [2.75, 3.05) is 48.9 Å². The Kier molecular flexibility index (Phi) is 7.47. The Bertz CT molecular complexity index is 820. The summed E-state index contributed by atoms with van der Waals surface area (Å²) in [5.74, 6) is -0.172. The highest BCUT2D eigenvalue weighted by Crippen LogP contribution is 2.27. The number of rotatable bonds is 7. The van der Waals surface area contributed by atoms with Gasteiger partial charge >= 0.3 is 6.03 Å². The number of anilines is 3. The van der Waals surface area contributed by atoms with Crippen LogP contribution in [-0.2, 0) is 4.74 Å². The highest BCUT2D eigenvalue weighted by atomic mass is 16.5. The van der Waals surface area contributed by atoms with E-state index in [0.717, 1.165) is 31.6 Å². The van der Waals surface area contributed by atoms with Crippen molar-refractivity contribution >= 4 is 29.0 Å². The first-order valence-corrected chi connectivity index (χ1v) is 9.96. The molecular weight excluding hydrogens is 368 g/mol. The standard InChI is InChI=1S/C22H28N4O3/c1-29-15-12-23-21(27)19-16-18(10-11-20(19)26-13-6-3-7-14-26)25-22(28)24-17-8-4-2-5-9-17/h2,4-5,8-11,16H,3,6-7,12-15H2,1H3,(H,23,27)(H2,24,25,28).